The number of hydrogen-bond acceptors (Lipinski definition) is 4. The lowest BCUT2D eigenvalue weighted by molar-refractivity contribution is -0.00969. The normalized spacial score (nSPS) is 36.7. The molecule has 131 valence electrons. The Morgan fingerprint density at radius 1 is 1.21 bits per heavy atom. The molecule has 0 unspecified atom stereocenters. The van der Waals surface area contributed by atoms with Gasteiger partial charge in [-0.15, -0.1) is 0 Å². The highest BCUT2D eigenvalue weighted by Crippen LogP contribution is 2.46. The van der Waals surface area contributed by atoms with Gasteiger partial charge in [-0.25, -0.2) is 4.98 Å². The second-order valence-electron chi connectivity index (χ2n) is 7.95. The van der Waals surface area contributed by atoms with Crippen molar-refractivity contribution in [1.82, 2.24) is 10.3 Å². The van der Waals surface area contributed by atoms with Crippen molar-refractivity contribution in [3.05, 3.63) is 29.8 Å². The Labute approximate surface area is 145 Å². The molecular weight excluding hydrogens is 300 g/mol. The fraction of sp³-hybridized carbons (Fsp3) is 0.700. The molecule has 0 amide bonds. The average Bonchev–Trinajstić information content (AvgIpc) is 3.19. The molecule has 0 saturated heterocycles. The SMILES string of the molecule is COc1ccc([C@]2(O)CC[C@H](N[C@@H]3C[C]4CCC[C@@H]4C3)CC2)cn1. The minimum atomic E-state index is -0.724. The maximum atomic E-state index is 11.0. The molecule has 1 radical (unpaired) electrons. The Bertz CT molecular complexity index is 539. The number of ether oxygens (including phenoxy) is 1. The third-order valence-corrected chi connectivity index (χ3v) is 6.47. The summed E-state index contributed by atoms with van der Waals surface area (Å²) in [5, 5.41) is 14.9. The van der Waals surface area contributed by atoms with E-state index in [2.05, 4.69) is 10.3 Å². The minimum absolute atomic E-state index is 0.556. The standard InChI is InChI=1S/C20H29N2O2/c1-24-19-6-5-16(13-21-19)20(23)9-7-17(8-10-20)22-18-11-14-3-2-4-15(14)12-18/h5-6,13-14,17-18,22-23H,2-4,7-12H2,1H3/t14-,17-,18+,20-/m1/s1. The van der Waals surface area contributed by atoms with Crippen molar-refractivity contribution in [2.75, 3.05) is 7.11 Å². The third kappa shape index (κ3) is 3.18. The van der Waals surface area contributed by atoms with E-state index < -0.39 is 5.60 Å². The lowest BCUT2D eigenvalue weighted by atomic mass is 9.78. The molecular formula is C20H29N2O2. The molecule has 4 nitrogen and oxygen atoms in total. The van der Waals surface area contributed by atoms with Gasteiger partial charge in [-0.05, 0) is 69.3 Å². The summed E-state index contributed by atoms with van der Waals surface area (Å²) in [6.45, 7) is 0. The van der Waals surface area contributed by atoms with Crippen LogP contribution in [0.5, 0.6) is 5.88 Å². The molecule has 0 aromatic carbocycles. The van der Waals surface area contributed by atoms with Gasteiger partial charge in [-0.1, -0.05) is 6.42 Å². The molecule has 4 heteroatoms. The van der Waals surface area contributed by atoms with Gasteiger partial charge in [-0.3, -0.25) is 0 Å². The first-order valence-electron chi connectivity index (χ1n) is 9.50. The molecule has 2 atom stereocenters. The maximum Gasteiger partial charge on any atom is 0.212 e. The largest absolute Gasteiger partial charge is 0.481 e. The van der Waals surface area contributed by atoms with Crippen LogP contribution in [0.25, 0.3) is 0 Å². The molecule has 3 saturated carbocycles. The van der Waals surface area contributed by atoms with Gasteiger partial charge < -0.3 is 15.2 Å². The molecule has 1 aromatic rings. The van der Waals surface area contributed by atoms with Crippen molar-refractivity contribution in [3.8, 4) is 5.88 Å². The summed E-state index contributed by atoms with van der Waals surface area (Å²) >= 11 is 0. The van der Waals surface area contributed by atoms with Crippen LogP contribution < -0.4 is 10.1 Å². The van der Waals surface area contributed by atoms with Crippen LogP contribution in [0.1, 0.15) is 63.4 Å². The Morgan fingerprint density at radius 3 is 2.71 bits per heavy atom. The maximum absolute atomic E-state index is 11.0. The summed E-state index contributed by atoms with van der Waals surface area (Å²) in [6, 6.07) is 5.03. The molecule has 3 aliphatic rings. The molecule has 1 aromatic heterocycles. The Hall–Kier alpha value is -1.13. The molecule has 1 heterocycles. The quantitative estimate of drug-likeness (QED) is 0.889. The van der Waals surface area contributed by atoms with Crippen molar-refractivity contribution in [2.24, 2.45) is 5.92 Å². The first-order valence-corrected chi connectivity index (χ1v) is 9.50. The van der Waals surface area contributed by atoms with Crippen LogP contribution in [-0.2, 0) is 5.60 Å². The number of fused-ring (bicyclic) bond motifs is 1. The van der Waals surface area contributed by atoms with E-state index in [0.717, 1.165) is 37.2 Å². The third-order valence-electron chi connectivity index (χ3n) is 6.47. The van der Waals surface area contributed by atoms with E-state index in [9.17, 15) is 5.11 Å². The van der Waals surface area contributed by atoms with Crippen molar-refractivity contribution in [3.63, 3.8) is 0 Å². The van der Waals surface area contributed by atoms with Crippen LogP contribution in [0, 0.1) is 11.8 Å². The molecule has 0 spiro atoms. The monoisotopic (exact) mass is 329 g/mol. The van der Waals surface area contributed by atoms with E-state index in [0.29, 0.717) is 18.0 Å². The summed E-state index contributed by atoms with van der Waals surface area (Å²) < 4.78 is 5.11. The van der Waals surface area contributed by atoms with Crippen molar-refractivity contribution >= 4 is 0 Å². The van der Waals surface area contributed by atoms with Crippen LogP contribution in [0.2, 0.25) is 0 Å². The van der Waals surface area contributed by atoms with Crippen LogP contribution >= 0.6 is 0 Å². The molecule has 2 N–H and O–H groups in total. The molecule has 3 aliphatic carbocycles. The summed E-state index contributed by atoms with van der Waals surface area (Å²) in [4.78, 5) is 4.25. The minimum Gasteiger partial charge on any atom is -0.481 e. The molecule has 0 aliphatic heterocycles. The smallest absolute Gasteiger partial charge is 0.212 e. The van der Waals surface area contributed by atoms with Crippen molar-refractivity contribution in [1.29, 1.82) is 0 Å². The lowest BCUT2D eigenvalue weighted by Crippen LogP contribution is -2.43. The Kier molecular flexibility index (Phi) is 4.52. The highest BCUT2D eigenvalue weighted by Gasteiger charge is 2.40. The number of rotatable bonds is 4. The zero-order chi connectivity index (χ0) is 16.6. The van der Waals surface area contributed by atoms with Crippen LogP contribution in [0.3, 0.4) is 0 Å². The van der Waals surface area contributed by atoms with E-state index in [-0.39, 0.29) is 0 Å². The van der Waals surface area contributed by atoms with Gasteiger partial charge in [0.25, 0.3) is 0 Å². The van der Waals surface area contributed by atoms with Gasteiger partial charge in [0.2, 0.25) is 5.88 Å². The Morgan fingerprint density at radius 2 is 2.04 bits per heavy atom. The number of nitrogens with zero attached hydrogens (tertiary/aromatic N) is 1. The van der Waals surface area contributed by atoms with E-state index in [1.165, 1.54) is 32.1 Å². The molecule has 0 bridgehead atoms. The van der Waals surface area contributed by atoms with Crippen molar-refractivity contribution < 1.29 is 9.84 Å². The van der Waals surface area contributed by atoms with E-state index in [1.807, 2.05) is 18.1 Å². The predicted octanol–water partition coefficient (Wildman–Crippen LogP) is 3.35. The van der Waals surface area contributed by atoms with E-state index in [4.69, 9.17) is 4.74 Å². The fourth-order valence-corrected chi connectivity index (χ4v) is 5.07. The first-order chi connectivity index (χ1) is 11.7. The second-order valence-corrected chi connectivity index (χ2v) is 7.95. The van der Waals surface area contributed by atoms with E-state index in [1.54, 1.807) is 13.3 Å². The highest BCUT2D eigenvalue weighted by molar-refractivity contribution is 5.24. The number of methoxy groups -OCH3 is 1. The van der Waals surface area contributed by atoms with Gasteiger partial charge in [0.05, 0.1) is 12.7 Å². The number of nitrogens with one attached hydrogen (secondary N) is 1. The molecule has 24 heavy (non-hydrogen) atoms. The van der Waals surface area contributed by atoms with Crippen LogP contribution in [0.15, 0.2) is 18.3 Å². The second kappa shape index (κ2) is 6.64. The summed E-state index contributed by atoms with van der Waals surface area (Å²) in [5.74, 6) is 3.33. The highest BCUT2D eigenvalue weighted by atomic mass is 16.5. The zero-order valence-electron chi connectivity index (χ0n) is 14.6. The summed E-state index contributed by atoms with van der Waals surface area (Å²) in [7, 11) is 1.61. The van der Waals surface area contributed by atoms with Crippen molar-refractivity contribution in [2.45, 2.75) is 75.5 Å². The Balaban J connectivity index is 1.31. The van der Waals surface area contributed by atoms with Gasteiger partial charge >= 0.3 is 0 Å². The number of hydrogen-bond donors (Lipinski definition) is 2. The fourth-order valence-electron chi connectivity index (χ4n) is 5.07. The lowest BCUT2D eigenvalue weighted by Gasteiger charge is -2.37. The summed E-state index contributed by atoms with van der Waals surface area (Å²) in [5.41, 5.74) is 0.200. The van der Waals surface area contributed by atoms with E-state index >= 15 is 0 Å². The zero-order valence-corrected chi connectivity index (χ0v) is 14.6. The predicted molar refractivity (Wildman–Crippen MR) is 93.7 cm³/mol. The van der Waals surface area contributed by atoms with Gasteiger partial charge in [-0.2, -0.15) is 0 Å². The molecule has 3 fully saturated rings. The number of aliphatic hydroxyl groups is 1. The number of aromatic nitrogens is 1. The van der Waals surface area contributed by atoms with Gasteiger partial charge in [0.1, 0.15) is 0 Å². The first kappa shape index (κ1) is 16.3. The topological polar surface area (TPSA) is 54.4 Å². The number of pyridine rings is 1. The summed E-state index contributed by atoms with van der Waals surface area (Å²) in [6.07, 6.45) is 12.3. The van der Waals surface area contributed by atoms with Crippen LogP contribution in [-0.4, -0.2) is 29.3 Å². The van der Waals surface area contributed by atoms with Gasteiger partial charge in [0.15, 0.2) is 0 Å². The van der Waals surface area contributed by atoms with Gasteiger partial charge in [0, 0.05) is 29.9 Å². The molecule has 4 rings (SSSR count). The average molecular weight is 329 g/mol. The van der Waals surface area contributed by atoms with Crippen LogP contribution in [0.4, 0.5) is 0 Å².